The lowest BCUT2D eigenvalue weighted by atomic mass is 9.95. The van der Waals surface area contributed by atoms with Gasteiger partial charge < -0.3 is 15.8 Å². The Morgan fingerprint density at radius 1 is 1.25 bits per heavy atom. The smallest absolute Gasteiger partial charge is 0.264 e. The predicted molar refractivity (Wildman–Crippen MR) is 121 cm³/mol. The van der Waals surface area contributed by atoms with Crippen LogP contribution in [0.15, 0.2) is 27.1 Å². The first kappa shape index (κ1) is 21.2. The number of nitrogens with one attached hydrogen (secondary N) is 2. The van der Waals surface area contributed by atoms with E-state index in [1.54, 1.807) is 6.07 Å². The van der Waals surface area contributed by atoms with Crippen molar-refractivity contribution in [2.75, 3.05) is 11.9 Å². The number of thiophene rings is 1. The van der Waals surface area contributed by atoms with E-state index in [1.807, 2.05) is 12.1 Å². The molecule has 0 bridgehead atoms. The molecule has 0 saturated carbocycles. The average Bonchev–Trinajstić information content (AvgIpc) is 2.98. The summed E-state index contributed by atoms with van der Waals surface area (Å²) < 4.78 is 7.12. The summed E-state index contributed by atoms with van der Waals surface area (Å²) in [6, 6.07) is 5.38. The van der Waals surface area contributed by atoms with Gasteiger partial charge in [-0.3, -0.25) is 14.9 Å². The van der Waals surface area contributed by atoms with Crippen LogP contribution in [0.2, 0.25) is 0 Å². The third kappa shape index (κ3) is 5.11. The third-order valence-corrected chi connectivity index (χ3v) is 6.67. The molecular formula is C18H17Br2N3O3S2. The SMILES string of the molecule is NC(=O)c1c(NC(=S)NC(=O)COc2ccc(Br)cc2Br)sc2c1CCCC2. The van der Waals surface area contributed by atoms with Gasteiger partial charge in [-0.05, 0) is 77.6 Å². The Morgan fingerprint density at radius 3 is 2.71 bits per heavy atom. The van der Waals surface area contributed by atoms with E-state index in [-0.39, 0.29) is 11.7 Å². The van der Waals surface area contributed by atoms with Crippen LogP contribution in [-0.4, -0.2) is 23.5 Å². The standard InChI is InChI=1S/C18H17Br2N3O3S2/c19-9-5-6-12(11(20)7-9)26-8-14(24)22-18(27)23-17-15(16(21)25)10-3-1-2-4-13(10)28-17/h5-7H,1-4,8H2,(H2,21,25)(H2,22,23,24,27). The second-order valence-corrected chi connectivity index (χ2v) is 9.43. The molecule has 0 radical (unpaired) electrons. The number of halogens is 2. The first-order valence-corrected chi connectivity index (χ1v) is 11.3. The van der Waals surface area contributed by atoms with Crippen molar-refractivity contribution in [3.63, 3.8) is 0 Å². The third-order valence-electron chi connectivity index (χ3n) is 4.15. The molecule has 0 saturated heterocycles. The van der Waals surface area contributed by atoms with Gasteiger partial charge in [0.25, 0.3) is 11.8 Å². The van der Waals surface area contributed by atoms with Gasteiger partial charge >= 0.3 is 0 Å². The molecule has 4 N–H and O–H groups in total. The number of primary amides is 1. The quantitative estimate of drug-likeness (QED) is 0.490. The molecule has 3 rings (SSSR count). The van der Waals surface area contributed by atoms with Crippen LogP contribution in [0.4, 0.5) is 5.00 Å². The zero-order chi connectivity index (χ0) is 20.3. The fourth-order valence-corrected chi connectivity index (χ4v) is 5.69. The van der Waals surface area contributed by atoms with E-state index in [0.29, 0.717) is 16.3 Å². The maximum atomic E-state index is 12.1. The molecule has 0 fully saturated rings. The number of hydrogen-bond donors (Lipinski definition) is 3. The highest BCUT2D eigenvalue weighted by molar-refractivity contribution is 9.11. The predicted octanol–water partition coefficient (Wildman–Crippen LogP) is 4.14. The Hall–Kier alpha value is -1.49. The summed E-state index contributed by atoms with van der Waals surface area (Å²) in [5.74, 6) is -0.354. The van der Waals surface area contributed by atoms with E-state index in [4.69, 9.17) is 22.7 Å². The molecule has 1 aliphatic carbocycles. The van der Waals surface area contributed by atoms with E-state index >= 15 is 0 Å². The lowest BCUT2D eigenvalue weighted by molar-refractivity contribution is -0.121. The first-order chi connectivity index (χ1) is 13.3. The second-order valence-electron chi connectivity index (χ2n) is 6.14. The number of carbonyl (C=O) groups excluding carboxylic acids is 2. The highest BCUT2D eigenvalue weighted by Crippen LogP contribution is 2.37. The number of aryl methyl sites for hydroxylation is 1. The molecule has 2 amide bonds. The molecule has 1 heterocycles. The van der Waals surface area contributed by atoms with Crippen molar-refractivity contribution >= 4 is 77.3 Å². The van der Waals surface area contributed by atoms with Gasteiger partial charge in [-0.15, -0.1) is 11.3 Å². The van der Waals surface area contributed by atoms with Crippen molar-refractivity contribution in [1.82, 2.24) is 5.32 Å². The zero-order valence-corrected chi connectivity index (χ0v) is 19.4. The number of nitrogens with two attached hydrogens (primary N) is 1. The number of anilines is 1. The number of thiocarbonyl (C=S) groups is 1. The normalized spacial score (nSPS) is 12.8. The fourth-order valence-electron chi connectivity index (χ4n) is 2.95. The second kappa shape index (κ2) is 9.34. The fraction of sp³-hybridized carbons (Fsp3) is 0.278. The van der Waals surface area contributed by atoms with E-state index < -0.39 is 11.8 Å². The number of ether oxygens (including phenoxy) is 1. The first-order valence-electron chi connectivity index (χ1n) is 8.48. The molecule has 2 aromatic rings. The minimum absolute atomic E-state index is 0.101. The molecule has 148 valence electrons. The largest absolute Gasteiger partial charge is 0.483 e. The summed E-state index contributed by atoms with van der Waals surface area (Å²) in [5.41, 5.74) is 7.05. The lowest BCUT2D eigenvalue weighted by Gasteiger charge is -2.12. The number of fused-ring (bicyclic) bond motifs is 1. The van der Waals surface area contributed by atoms with Gasteiger partial charge in [0.1, 0.15) is 10.8 Å². The van der Waals surface area contributed by atoms with Crippen molar-refractivity contribution in [2.24, 2.45) is 5.73 Å². The maximum absolute atomic E-state index is 12.1. The summed E-state index contributed by atoms with van der Waals surface area (Å²) in [6.45, 7) is -0.203. The number of hydrogen-bond acceptors (Lipinski definition) is 5. The Balaban J connectivity index is 1.60. The van der Waals surface area contributed by atoms with Crippen molar-refractivity contribution < 1.29 is 14.3 Å². The highest BCUT2D eigenvalue weighted by Gasteiger charge is 2.24. The molecule has 0 spiro atoms. The minimum atomic E-state index is -0.487. The number of benzene rings is 1. The van der Waals surface area contributed by atoms with Crippen LogP contribution in [-0.2, 0) is 17.6 Å². The van der Waals surface area contributed by atoms with Gasteiger partial charge in [0.05, 0.1) is 10.0 Å². The average molecular weight is 547 g/mol. The summed E-state index contributed by atoms with van der Waals surface area (Å²) in [7, 11) is 0. The van der Waals surface area contributed by atoms with Gasteiger partial charge in [0, 0.05) is 9.35 Å². The van der Waals surface area contributed by atoms with Crippen molar-refractivity contribution in [1.29, 1.82) is 0 Å². The van der Waals surface area contributed by atoms with Gasteiger partial charge in [0.15, 0.2) is 11.7 Å². The lowest BCUT2D eigenvalue weighted by Crippen LogP contribution is -2.37. The van der Waals surface area contributed by atoms with Crippen LogP contribution >= 0.6 is 55.4 Å². The van der Waals surface area contributed by atoms with Crippen molar-refractivity contribution in [3.8, 4) is 5.75 Å². The van der Waals surface area contributed by atoms with Crippen molar-refractivity contribution in [2.45, 2.75) is 25.7 Å². The van der Waals surface area contributed by atoms with Crippen LogP contribution in [0.25, 0.3) is 0 Å². The van der Waals surface area contributed by atoms with Crippen molar-refractivity contribution in [3.05, 3.63) is 43.1 Å². The summed E-state index contributed by atoms with van der Waals surface area (Å²) in [6.07, 6.45) is 3.89. The van der Waals surface area contributed by atoms with Crippen LogP contribution in [0.3, 0.4) is 0 Å². The van der Waals surface area contributed by atoms with Crippen LogP contribution in [0.5, 0.6) is 5.75 Å². The number of carbonyl (C=O) groups is 2. The number of rotatable bonds is 5. The topological polar surface area (TPSA) is 93.5 Å². The molecule has 1 aromatic heterocycles. The Bertz CT molecular complexity index is 946. The Kier molecular flexibility index (Phi) is 7.08. The summed E-state index contributed by atoms with van der Waals surface area (Å²) in [5, 5.41) is 6.19. The van der Waals surface area contributed by atoms with E-state index in [2.05, 4.69) is 42.5 Å². The monoisotopic (exact) mass is 545 g/mol. The van der Waals surface area contributed by atoms with Gasteiger partial charge in [0.2, 0.25) is 0 Å². The minimum Gasteiger partial charge on any atom is -0.483 e. The molecule has 0 atom stereocenters. The zero-order valence-electron chi connectivity index (χ0n) is 14.6. The van der Waals surface area contributed by atoms with Gasteiger partial charge in [-0.2, -0.15) is 0 Å². The van der Waals surface area contributed by atoms with Crippen LogP contribution in [0, 0.1) is 0 Å². The summed E-state index contributed by atoms with van der Waals surface area (Å²) in [4.78, 5) is 25.2. The van der Waals surface area contributed by atoms with Crippen LogP contribution < -0.4 is 21.1 Å². The molecule has 1 aliphatic rings. The molecule has 28 heavy (non-hydrogen) atoms. The van der Waals surface area contributed by atoms with Gasteiger partial charge in [-0.25, -0.2) is 0 Å². The molecule has 0 unspecified atom stereocenters. The van der Waals surface area contributed by atoms with E-state index in [9.17, 15) is 9.59 Å². The summed E-state index contributed by atoms with van der Waals surface area (Å²) >= 11 is 13.4. The van der Waals surface area contributed by atoms with E-state index in [1.165, 1.54) is 11.3 Å². The molecule has 1 aromatic carbocycles. The number of amides is 2. The van der Waals surface area contributed by atoms with Gasteiger partial charge in [-0.1, -0.05) is 15.9 Å². The molecular weight excluding hydrogens is 530 g/mol. The Morgan fingerprint density at radius 2 is 2.00 bits per heavy atom. The van der Waals surface area contributed by atoms with E-state index in [0.717, 1.165) is 45.1 Å². The molecule has 10 heteroatoms. The highest BCUT2D eigenvalue weighted by atomic mass is 79.9. The van der Waals surface area contributed by atoms with Crippen LogP contribution in [0.1, 0.15) is 33.6 Å². The maximum Gasteiger partial charge on any atom is 0.264 e. The molecule has 6 nitrogen and oxygen atoms in total. The molecule has 0 aliphatic heterocycles. The Labute approximate surface area is 188 Å².